The number of ether oxygens (including phenoxy) is 1. The Kier molecular flexibility index (Phi) is 8.54. The number of benzene rings is 3. The van der Waals surface area contributed by atoms with E-state index in [1.165, 1.54) is 0 Å². The van der Waals surface area contributed by atoms with E-state index in [2.05, 4.69) is 41.0 Å². The first-order valence-corrected chi connectivity index (χ1v) is 13.8. The SMILES string of the molecule is O=P(O)(O)CCCCCCCOc1nc(-c2ccccc2)c(-c2ccccc2)n1-c1ccccc1. The first-order chi connectivity index (χ1) is 17.0. The number of unbranched alkanes of at least 4 members (excludes halogenated alkanes) is 4. The molecular formula is C28H31N2O4P. The van der Waals surface area contributed by atoms with E-state index < -0.39 is 7.60 Å². The minimum atomic E-state index is -3.89. The van der Waals surface area contributed by atoms with Crippen molar-refractivity contribution in [2.75, 3.05) is 12.8 Å². The van der Waals surface area contributed by atoms with Crippen LogP contribution in [0.4, 0.5) is 0 Å². The molecule has 0 amide bonds. The van der Waals surface area contributed by atoms with E-state index in [0.29, 0.717) is 19.0 Å². The Labute approximate surface area is 206 Å². The van der Waals surface area contributed by atoms with Gasteiger partial charge in [0.05, 0.1) is 18.0 Å². The third-order valence-electron chi connectivity index (χ3n) is 5.78. The van der Waals surface area contributed by atoms with Crippen molar-refractivity contribution in [1.29, 1.82) is 0 Å². The van der Waals surface area contributed by atoms with Gasteiger partial charge in [0, 0.05) is 17.3 Å². The summed E-state index contributed by atoms with van der Waals surface area (Å²) in [6.45, 7) is 0.519. The number of rotatable bonds is 12. The quantitative estimate of drug-likeness (QED) is 0.170. The van der Waals surface area contributed by atoms with Crippen LogP contribution in [0.2, 0.25) is 0 Å². The molecule has 3 aromatic carbocycles. The van der Waals surface area contributed by atoms with Gasteiger partial charge in [-0.25, -0.2) is 0 Å². The molecule has 0 unspecified atom stereocenters. The molecule has 0 spiro atoms. The van der Waals surface area contributed by atoms with Crippen LogP contribution in [0.3, 0.4) is 0 Å². The maximum Gasteiger partial charge on any atom is 0.325 e. The molecule has 7 heteroatoms. The number of hydrogen-bond donors (Lipinski definition) is 2. The third kappa shape index (κ3) is 6.92. The zero-order valence-corrected chi connectivity index (χ0v) is 20.6. The van der Waals surface area contributed by atoms with Gasteiger partial charge in [0.1, 0.15) is 5.69 Å². The fraction of sp³-hybridized carbons (Fsp3) is 0.250. The lowest BCUT2D eigenvalue weighted by Gasteiger charge is -2.13. The second-order valence-corrected chi connectivity index (χ2v) is 10.3. The van der Waals surface area contributed by atoms with Crippen LogP contribution in [0.5, 0.6) is 6.01 Å². The lowest BCUT2D eigenvalue weighted by atomic mass is 10.0. The van der Waals surface area contributed by atoms with Crippen LogP contribution in [-0.4, -0.2) is 32.1 Å². The summed E-state index contributed by atoms with van der Waals surface area (Å²) in [7, 11) is -3.89. The van der Waals surface area contributed by atoms with E-state index in [4.69, 9.17) is 19.5 Å². The molecular weight excluding hydrogens is 459 g/mol. The third-order valence-corrected chi connectivity index (χ3v) is 6.68. The first kappa shape index (κ1) is 24.9. The molecule has 0 atom stereocenters. The predicted molar refractivity (Wildman–Crippen MR) is 140 cm³/mol. The van der Waals surface area contributed by atoms with Crippen molar-refractivity contribution in [1.82, 2.24) is 9.55 Å². The van der Waals surface area contributed by atoms with Crippen LogP contribution >= 0.6 is 7.60 Å². The minimum Gasteiger partial charge on any atom is -0.464 e. The van der Waals surface area contributed by atoms with Gasteiger partial charge in [-0.1, -0.05) is 98.1 Å². The zero-order chi connectivity index (χ0) is 24.5. The van der Waals surface area contributed by atoms with Gasteiger partial charge in [0.15, 0.2) is 0 Å². The van der Waals surface area contributed by atoms with E-state index in [0.717, 1.165) is 53.9 Å². The molecule has 182 valence electrons. The van der Waals surface area contributed by atoms with Gasteiger partial charge in [-0.15, -0.1) is 0 Å². The molecule has 6 nitrogen and oxygen atoms in total. The van der Waals surface area contributed by atoms with Crippen LogP contribution in [0.25, 0.3) is 28.2 Å². The van der Waals surface area contributed by atoms with Gasteiger partial charge < -0.3 is 14.5 Å². The highest BCUT2D eigenvalue weighted by Gasteiger charge is 2.22. The van der Waals surface area contributed by atoms with Gasteiger partial charge in [0.2, 0.25) is 0 Å². The van der Waals surface area contributed by atoms with Crippen LogP contribution in [0.15, 0.2) is 91.0 Å². The van der Waals surface area contributed by atoms with Gasteiger partial charge >= 0.3 is 13.6 Å². The van der Waals surface area contributed by atoms with Crippen molar-refractivity contribution in [2.24, 2.45) is 0 Å². The smallest absolute Gasteiger partial charge is 0.325 e. The standard InChI is InChI=1S/C28H31N2O4P/c31-35(32,33)22-14-3-1-2-13-21-34-28-29-26(23-15-7-4-8-16-23)27(24-17-9-5-10-18-24)30(28)25-19-11-6-12-20-25/h4-12,15-20H,1-3,13-14,21-22H2,(H2,31,32,33). The van der Waals surface area contributed by atoms with Gasteiger partial charge in [-0.05, 0) is 25.0 Å². The van der Waals surface area contributed by atoms with Gasteiger partial charge in [-0.2, -0.15) is 4.98 Å². The molecule has 0 aliphatic rings. The van der Waals surface area contributed by atoms with Crippen molar-refractivity contribution in [3.8, 4) is 34.2 Å². The van der Waals surface area contributed by atoms with E-state index in [1.807, 2.05) is 54.6 Å². The summed E-state index contributed by atoms with van der Waals surface area (Å²) >= 11 is 0. The highest BCUT2D eigenvalue weighted by Crippen LogP contribution is 2.38. The van der Waals surface area contributed by atoms with Crippen molar-refractivity contribution < 1.29 is 19.1 Å². The van der Waals surface area contributed by atoms with E-state index in [-0.39, 0.29) is 6.16 Å². The van der Waals surface area contributed by atoms with Crippen molar-refractivity contribution in [2.45, 2.75) is 32.1 Å². The summed E-state index contributed by atoms with van der Waals surface area (Å²) in [5.41, 5.74) is 4.91. The molecule has 0 aliphatic carbocycles. The van der Waals surface area contributed by atoms with Crippen LogP contribution in [-0.2, 0) is 4.57 Å². The minimum absolute atomic E-state index is 0.0392. The summed E-state index contributed by atoms with van der Waals surface area (Å²) in [5, 5.41) is 0. The Morgan fingerprint density at radius 2 is 1.26 bits per heavy atom. The Hall–Kier alpha value is -3.18. The number of para-hydroxylation sites is 1. The molecule has 0 bridgehead atoms. The van der Waals surface area contributed by atoms with Gasteiger partial charge in [0.25, 0.3) is 0 Å². The Morgan fingerprint density at radius 3 is 1.89 bits per heavy atom. The number of imidazole rings is 1. The van der Waals surface area contributed by atoms with Crippen molar-refractivity contribution in [3.05, 3.63) is 91.0 Å². The Bertz CT molecular complexity index is 1240. The second kappa shape index (κ2) is 12.0. The molecule has 0 radical (unpaired) electrons. The van der Waals surface area contributed by atoms with Crippen molar-refractivity contribution in [3.63, 3.8) is 0 Å². The zero-order valence-electron chi connectivity index (χ0n) is 19.7. The summed E-state index contributed by atoms with van der Waals surface area (Å²) < 4.78 is 19.3. The Morgan fingerprint density at radius 1 is 0.714 bits per heavy atom. The lowest BCUT2D eigenvalue weighted by Crippen LogP contribution is -2.05. The molecule has 4 rings (SSSR count). The van der Waals surface area contributed by atoms with E-state index >= 15 is 0 Å². The van der Waals surface area contributed by atoms with E-state index in [1.54, 1.807) is 0 Å². The molecule has 1 aromatic heterocycles. The number of aromatic nitrogens is 2. The topological polar surface area (TPSA) is 84.6 Å². The second-order valence-electron chi connectivity index (χ2n) is 8.50. The number of hydrogen-bond acceptors (Lipinski definition) is 3. The van der Waals surface area contributed by atoms with Crippen LogP contribution in [0, 0.1) is 0 Å². The molecule has 2 N–H and O–H groups in total. The molecule has 1 heterocycles. The average Bonchev–Trinajstić information content (AvgIpc) is 3.26. The molecule has 4 aromatic rings. The number of nitrogens with zero attached hydrogens (tertiary/aromatic N) is 2. The predicted octanol–water partition coefficient (Wildman–Crippen LogP) is 6.71. The fourth-order valence-electron chi connectivity index (χ4n) is 4.09. The monoisotopic (exact) mass is 490 g/mol. The molecule has 35 heavy (non-hydrogen) atoms. The van der Waals surface area contributed by atoms with Crippen LogP contribution in [0.1, 0.15) is 32.1 Å². The molecule has 0 saturated carbocycles. The first-order valence-electron chi connectivity index (χ1n) is 12.0. The maximum absolute atomic E-state index is 11.0. The van der Waals surface area contributed by atoms with Crippen molar-refractivity contribution >= 4 is 7.60 Å². The van der Waals surface area contributed by atoms with Crippen LogP contribution < -0.4 is 4.74 Å². The summed E-state index contributed by atoms with van der Waals surface area (Å²) in [5.74, 6) is 0. The normalized spacial score (nSPS) is 11.5. The summed E-state index contributed by atoms with van der Waals surface area (Å²) in [6, 6.07) is 31.0. The Balaban J connectivity index is 1.57. The average molecular weight is 491 g/mol. The maximum atomic E-state index is 11.0. The summed E-state index contributed by atoms with van der Waals surface area (Å²) in [4.78, 5) is 22.9. The largest absolute Gasteiger partial charge is 0.464 e. The molecule has 0 fully saturated rings. The highest BCUT2D eigenvalue weighted by molar-refractivity contribution is 7.51. The summed E-state index contributed by atoms with van der Waals surface area (Å²) in [6.07, 6.45) is 4.01. The molecule has 0 aliphatic heterocycles. The molecule has 0 saturated heterocycles. The highest BCUT2D eigenvalue weighted by atomic mass is 31.2. The van der Waals surface area contributed by atoms with Gasteiger partial charge in [-0.3, -0.25) is 9.13 Å². The fourth-order valence-corrected chi connectivity index (χ4v) is 4.72. The lowest BCUT2D eigenvalue weighted by molar-refractivity contribution is 0.278. The van der Waals surface area contributed by atoms with E-state index in [9.17, 15) is 4.57 Å².